The number of benzene rings is 1. The van der Waals surface area contributed by atoms with Crippen LogP contribution in [0.3, 0.4) is 0 Å². The zero-order chi connectivity index (χ0) is 17.2. The molecule has 0 saturated carbocycles. The average molecular weight is 329 g/mol. The Hall–Kier alpha value is -2.25. The third-order valence-electron chi connectivity index (χ3n) is 4.67. The molecule has 0 radical (unpaired) electrons. The topological polar surface area (TPSA) is 85.4 Å². The number of rotatable bonds is 5. The number of aromatic nitrogens is 3. The molecule has 7 heteroatoms. The van der Waals surface area contributed by atoms with E-state index in [4.69, 9.17) is 0 Å². The van der Waals surface area contributed by atoms with Gasteiger partial charge in [-0.15, -0.1) is 0 Å². The van der Waals surface area contributed by atoms with Gasteiger partial charge in [0, 0.05) is 26.7 Å². The molecule has 0 bridgehead atoms. The predicted molar refractivity (Wildman–Crippen MR) is 89.0 cm³/mol. The second-order valence-electron chi connectivity index (χ2n) is 6.52. The maximum Gasteiger partial charge on any atom is 0.236 e. The number of aliphatic hydroxyl groups is 1. The van der Waals surface area contributed by atoms with E-state index in [2.05, 4.69) is 15.4 Å². The molecule has 1 aromatic heterocycles. The maximum absolute atomic E-state index is 12.5. The predicted octanol–water partition coefficient (Wildman–Crippen LogP) is 0.665. The molecule has 24 heavy (non-hydrogen) atoms. The van der Waals surface area contributed by atoms with Crippen LogP contribution in [0.5, 0.6) is 0 Å². The Morgan fingerprint density at radius 2 is 2.25 bits per heavy atom. The molecule has 1 aliphatic heterocycles. The summed E-state index contributed by atoms with van der Waals surface area (Å²) in [6.45, 7) is 3.98. The van der Waals surface area contributed by atoms with Gasteiger partial charge in [0.1, 0.15) is 11.3 Å². The van der Waals surface area contributed by atoms with Crippen molar-refractivity contribution in [1.29, 1.82) is 0 Å². The molecule has 3 rings (SSSR count). The van der Waals surface area contributed by atoms with Gasteiger partial charge in [0.15, 0.2) is 0 Å². The van der Waals surface area contributed by atoms with Crippen LogP contribution in [0, 0.1) is 6.92 Å². The minimum absolute atomic E-state index is 0.0441. The van der Waals surface area contributed by atoms with Crippen LogP contribution in [0.2, 0.25) is 0 Å². The van der Waals surface area contributed by atoms with Crippen LogP contribution in [-0.4, -0.2) is 62.9 Å². The number of carbonyl (C=O) groups excluding carboxylic acids is 1. The number of nitrogens with one attached hydrogen (secondary N) is 1. The molecule has 1 fully saturated rings. The lowest BCUT2D eigenvalue weighted by molar-refractivity contribution is -0.131. The van der Waals surface area contributed by atoms with E-state index in [0.717, 1.165) is 5.56 Å². The van der Waals surface area contributed by atoms with E-state index >= 15 is 0 Å². The van der Waals surface area contributed by atoms with Crippen molar-refractivity contribution < 1.29 is 9.90 Å². The molecule has 7 nitrogen and oxygen atoms in total. The van der Waals surface area contributed by atoms with Gasteiger partial charge in [-0.1, -0.05) is 24.3 Å². The number of hydrogen-bond donors (Lipinski definition) is 2. The Kier molecular flexibility index (Phi) is 4.64. The first-order valence-electron chi connectivity index (χ1n) is 8.07. The lowest BCUT2D eigenvalue weighted by Crippen LogP contribution is -2.39. The molecule has 2 heterocycles. The summed E-state index contributed by atoms with van der Waals surface area (Å²) < 4.78 is 0. The second-order valence-corrected chi connectivity index (χ2v) is 6.52. The highest BCUT2D eigenvalue weighted by molar-refractivity contribution is 5.78. The Balaban J connectivity index is 1.57. The van der Waals surface area contributed by atoms with Crippen LogP contribution in [0.25, 0.3) is 0 Å². The minimum Gasteiger partial charge on any atom is -0.382 e. The van der Waals surface area contributed by atoms with E-state index < -0.39 is 5.60 Å². The number of amides is 1. The fourth-order valence-electron chi connectivity index (χ4n) is 3.08. The van der Waals surface area contributed by atoms with Crippen molar-refractivity contribution in [3.63, 3.8) is 0 Å². The maximum atomic E-state index is 12.5. The molecule has 2 N–H and O–H groups in total. The van der Waals surface area contributed by atoms with Crippen molar-refractivity contribution in [3.05, 3.63) is 47.3 Å². The number of nitrogens with zero attached hydrogens (tertiary/aromatic N) is 4. The normalized spacial score (nSPS) is 21.1. The van der Waals surface area contributed by atoms with Gasteiger partial charge in [-0.05, 0) is 24.5 Å². The summed E-state index contributed by atoms with van der Waals surface area (Å²) in [5.41, 5.74) is 1.83. The van der Waals surface area contributed by atoms with E-state index in [1.54, 1.807) is 4.90 Å². The van der Waals surface area contributed by atoms with Crippen molar-refractivity contribution in [2.45, 2.75) is 25.5 Å². The molecule has 0 spiro atoms. The van der Waals surface area contributed by atoms with Gasteiger partial charge in [-0.25, -0.2) is 0 Å². The Morgan fingerprint density at radius 3 is 2.96 bits per heavy atom. The molecular weight excluding hydrogens is 306 g/mol. The van der Waals surface area contributed by atoms with Crippen LogP contribution in [0.4, 0.5) is 0 Å². The number of aryl methyl sites for hydroxylation is 1. The van der Waals surface area contributed by atoms with Gasteiger partial charge < -0.3 is 10.0 Å². The Bertz CT molecular complexity index is 703. The number of likely N-dealkylation sites (tertiary alicyclic amines) is 1. The van der Waals surface area contributed by atoms with Gasteiger partial charge in [0.05, 0.1) is 12.7 Å². The lowest BCUT2D eigenvalue weighted by atomic mass is 10.0. The van der Waals surface area contributed by atoms with Crippen molar-refractivity contribution in [2.75, 3.05) is 26.7 Å². The molecule has 0 aliphatic carbocycles. The van der Waals surface area contributed by atoms with E-state index in [1.807, 2.05) is 43.1 Å². The summed E-state index contributed by atoms with van der Waals surface area (Å²) >= 11 is 0. The number of H-pyrrole nitrogens is 1. The summed E-state index contributed by atoms with van der Waals surface area (Å²) in [5, 5.41) is 20.9. The molecule has 1 aromatic carbocycles. The van der Waals surface area contributed by atoms with Gasteiger partial charge in [0.2, 0.25) is 5.91 Å². The van der Waals surface area contributed by atoms with Crippen molar-refractivity contribution in [2.24, 2.45) is 0 Å². The number of carbonyl (C=O) groups is 1. The summed E-state index contributed by atoms with van der Waals surface area (Å²) in [4.78, 5) is 16.2. The molecule has 1 amide bonds. The lowest BCUT2D eigenvalue weighted by Gasteiger charge is -2.24. The van der Waals surface area contributed by atoms with Crippen LogP contribution >= 0.6 is 0 Å². The standard InChI is InChI=1S/C17H23N5O2/c1-13-5-3-4-6-14(13)10-21(2)16(23)11-22-8-7-17(24,12-22)15-9-18-20-19-15/h3-6,9,24H,7-8,10-12H2,1-2H3,(H,18,19,20). The van der Waals surface area contributed by atoms with Crippen molar-refractivity contribution in [3.8, 4) is 0 Å². The van der Waals surface area contributed by atoms with E-state index in [1.165, 1.54) is 11.8 Å². The van der Waals surface area contributed by atoms with E-state index in [-0.39, 0.29) is 5.91 Å². The van der Waals surface area contributed by atoms with Crippen LogP contribution in [0.1, 0.15) is 23.2 Å². The second kappa shape index (κ2) is 6.70. The molecule has 1 unspecified atom stereocenters. The van der Waals surface area contributed by atoms with Crippen molar-refractivity contribution in [1.82, 2.24) is 25.2 Å². The summed E-state index contributed by atoms with van der Waals surface area (Å²) in [6, 6.07) is 8.07. The summed E-state index contributed by atoms with van der Waals surface area (Å²) in [7, 11) is 1.81. The SMILES string of the molecule is Cc1ccccc1CN(C)C(=O)CN1CCC(O)(c2cn[nH]n2)C1. The average Bonchev–Trinajstić information content (AvgIpc) is 3.20. The van der Waals surface area contributed by atoms with Crippen molar-refractivity contribution >= 4 is 5.91 Å². The number of likely N-dealkylation sites (N-methyl/N-ethyl adjacent to an activating group) is 1. The number of β-amino-alcohol motifs (C(OH)–C–C–N with tert-alkyl or cyclic N) is 1. The molecule has 1 atom stereocenters. The number of hydrogen-bond acceptors (Lipinski definition) is 5. The van der Waals surface area contributed by atoms with E-state index in [9.17, 15) is 9.90 Å². The third-order valence-corrected chi connectivity index (χ3v) is 4.67. The molecule has 1 aliphatic rings. The van der Waals surface area contributed by atoms with Gasteiger partial charge in [-0.3, -0.25) is 9.69 Å². The quantitative estimate of drug-likeness (QED) is 0.842. The molecule has 128 valence electrons. The Labute approximate surface area is 141 Å². The van der Waals surface area contributed by atoms with E-state index in [0.29, 0.717) is 38.3 Å². The monoisotopic (exact) mass is 329 g/mol. The molecule has 2 aromatic rings. The first kappa shape index (κ1) is 16.6. The largest absolute Gasteiger partial charge is 0.382 e. The highest BCUT2D eigenvalue weighted by Crippen LogP contribution is 2.29. The Morgan fingerprint density at radius 1 is 1.46 bits per heavy atom. The molecular formula is C17H23N5O2. The van der Waals surface area contributed by atoms with Crippen LogP contribution in [0.15, 0.2) is 30.5 Å². The first-order chi connectivity index (χ1) is 11.5. The fourth-order valence-corrected chi connectivity index (χ4v) is 3.08. The minimum atomic E-state index is -1.03. The number of aromatic amines is 1. The van der Waals surface area contributed by atoms with Gasteiger partial charge >= 0.3 is 0 Å². The third kappa shape index (κ3) is 3.47. The summed E-state index contributed by atoms with van der Waals surface area (Å²) in [6.07, 6.45) is 2.09. The zero-order valence-electron chi connectivity index (χ0n) is 14.1. The van der Waals surface area contributed by atoms with Crippen LogP contribution < -0.4 is 0 Å². The smallest absolute Gasteiger partial charge is 0.236 e. The zero-order valence-corrected chi connectivity index (χ0v) is 14.1. The first-order valence-corrected chi connectivity index (χ1v) is 8.07. The van der Waals surface area contributed by atoms with Gasteiger partial charge in [0.25, 0.3) is 0 Å². The fraction of sp³-hybridized carbons (Fsp3) is 0.471. The summed E-state index contributed by atoms with van der Waals surface area (Å²) in [5.74, 6) is 0.0441. The highest BCUT2D eigenvalue weighted by atomic mass is 16.3. The van der Waals surface area contributed by atoms with Gasteiger partial charge in [-0.2, -0.15) is 15.4 Å². The molecule has 1 saturated heterocycles. The van der Waals surface area contributed by atoms with Crippen LogP contribution in [-0.2, 0) is 16.9 Å². The highest BCUT2D eigenvalue weighted by Gasteiger charge is 2.40.